The molecule has 1 rings (SSSR count). The van der Waals surface area contributed by atoms with Crippen LogP contribution < -0.4 is 4.74 Å². The fourth-order valence-electron chi connectivity index (χ4n) is 1.03. The molecule has 19 heavy (non-hydrogen) atoms. The Morgan fingerprint density at radius 3 is 1.95 bits per heavy atom. The van der Waals surface area contributed by atoms with Gasteiger partial charge >= 0.3 is 12.5 Å². The van der Waals surface area contributed by atoms with E-state index in [0.29, 0.717) is 0 Å². The summed E-state index contributed by atoms with van der Waals surface area (Å²) in [5.41, 5.74) is -4.11. The number of hydrogen-bond donors (Lipinski definition) is 0. The molecule has 2 nitrogen and oxygen atoms in total. The summed E-state index contributed by atoms with van der Waals surface area (Å²) < 4.78 is 112. The van der Waals surface area contributed by atoms with E-state index < -0.39 is 48.0 Å². The largest absolute Gasteiger partial charge is 0.574 e. The van der Waals surface area contributed by atoms with Crippen molar-refractivity contribution < 1.29 is 44.3 Å². The quantitative estimate of drug-likeness (QED) is 0.768. The van der Waals surface area contributed by atoms with Crippen LogP contribution in [0.1, 0.15) is 17.7 Å². The first-order valence-electron chi connectivity index (χ1n) is 4.23. The third-order valence-corrected chi connectivity index (χ3v) is 1.68. The van der Waals surface area contributed by atoms with Crippen molar-refractivity contribution in [3.63, 3.8) is 0 Å². The van der Waals surface area contributed by atoms with Crippen LogP contribution in [0.15, 0.2) is 6.07 Å². The van der Waals surface area contributed by atoms with Crippen LogP contribution in [0.5, 0.6) is 5.88 Å². The second kappa shape index (κ2) is 4.78. The first kappa shape index (κ1) is 15.4. The van der Waals surface area contributed by atoms with E-state index in [1.165, 1.54) is 0 Å². The standard InChI is InChI=1S/C8H2F9NO/c9-3-1-2(5(10)11)6(19-8(15,16)17)18-4(3)7(12,13)14/h1,5H. The van der Waals surface area contributed by atoms with Gasteiger partial charge < -0.3 is 4.74 Å². The van der Waals surface area contributed by atoms with Crippen LogP contribution in [0.3, 0.4) is 0 Å². The van der Waals surface area contributed by atoms with Crippen molar-refractivity contribution in [2.24, 2.45) is 0 Å². The Hall–Kier alpha value is -1.68. The number of rotatable bonds is 2. The van der Waals surface area contributed by atoms with Gasteiger partial charge in [-0.2, -0.15) is 13.2 Å². The molecule has 0 aliphatic rings. The third-order valence-electron chi connectivity index (χ3n) is 1.68. The van der Waals surface area contributed by atoms with Crippen LogP contribution in [-0.2, 0) is 6.18 Å². The Labute approximate surface area is 98.3 Å². The van der Waals surface area contributed by atoms with Crippen molar-refractivity contribution in [2.45, 2.75) is 19.0 Å². The van der Waals surface area contributed by atoms with Gasteiger partial charge in [-0.1, -0.05) is 0 Å². The highest BCUT2D eigenvalue weighted by Crippen LogP contribution is 2.37. The minimum Gasteiger partial charge on any atom is -0.387 e. The number of hydrogen-bond acceptors (Lipinski definition) is 2. The van der Waals surface area contributed by atoms with Gasteiger partial charge in [0.1, 0.15) is 0 Å². The normalized spacial score (nSPS) is 12.9. The molecule has 0 atom stereocenters. The van der Waals surface area contributed by atoms with E-state index in [9.17, 15) is 39.5 Å². The maximum absolute atomic E-state index is 12.9. The van der Waals surface area contributed by atoms with Crippen molar-refractivity contribution in [2.75, 3.05) is 0 Å². The van der Waals surface area contributed by atoms with Gasteiger partial charge in [-0.05, 0) is 6.07 Å². The average Bonchev–Trinajstić information content (AvgIpc) is 2.15. The lowest BCUT2D eigenvalue weighted by atomic mass is 10.2. The minimum absolute atomic E-state index is 0.401. The van der Waals surface area contributed by atoms with Crippen LogP contribution in [0.2, 0.25) is 0 Å². The lowest BCUT2D eigenvalue weighted by Gasteiger charge is -2.14. The summed E-state index contributed by atoms with van der Waals surface area (Å²) in [6.07, 6.45) is -14.7. The Bertz CT molecular complexity index is 465. The van der Waals surface area contributed by atoms with Crippen LogP contribution in [0.25, 0.3) is 0 Å². The number of pyridine rings is 1. The Morgan fingerprint density at radius 1 is 1.05 bits per heavy atom. The first-order chi connectivity index (χ1) is 8.42. The molecular weight excluding hydrogens is 297 g/mol. The molecule has 1 aromatic heterocycles. The molecule has 0 saturated heterocycles. The van der Waals surface area contributed by atoms with Crippen LogP contribution >= 0.6 is 0 Å². The molecular formula is C8H2F9NO. The number of ether oxygens (including phenoxy) is 1. The molecule has 0 aromatic carbocycles. The zero-order valence-corrected chi connectivity index (χ0v) is 8.41. The second-order valence-corrected chi connectivity index (χ2v) is 3.06. The molecule has 0 bridgehead atoms. The van der Waals surface area contributed by atoms with E-state index in [1.807, 2.05) is 0 Å². The molecule has 11 heteroatoms. The lowest BCUT2D eigenvalue weighted by Crippen LogP contribution is -2.21. The molecule has 0 radical (unpaired) electrons. The number of nitrogens with zero attached hydrogens (tertiary/aromatic N) is 1. The van der Waals surface area contributed by atoms with Crippen molar-refractivity contribution in [1.29, 1.82) is 0 Å². The second-order valence-electron chi connectivity index (χ2n) is 3.06. The van der Waals surface area contributed by atoms with Gasteiger partial charge in [0.25, 0.3) is 6.43 Å². The highest BCUT2D eigenvalue weighted by atomic mass is 19.4. The molecule has 0 aliphatic carbocycles. The summed E-state index contributed by atoms with van der Waals surface area (Å²) >= 11 is 0. The average molecular weight is 299 g/mol. The lowest BCUT2D eigenvalue weighted by molar-refractivity contribution is -0.277. The van der Waals surface area contributed by atoms with E-state index >= 15 is 0 Å². The summed E-state index contributed by atoms with van der Waals surface area (Å²) in [6, 6.07) is -0.401. The molecule has 1 aromatic rings. The topological polar surface area (TPSA) is 22.1 Å². The van der Waals surface area contributed by atoms with Crippen molar-refractivity contribution in [1.82, 2.24) is 4.98 Å². The zero-order valence-electron chi connectivity index (χ0n) is 8.41. The third kappa shape index (κ3) is 3.89. The molecule has 1 heterocycles. The zero-order chi connectivity index (χ0) is 15.0. The van der Waals surface area contributed by atoms with Gasteiger partial charge in [-0.25, -0.2) is 18.2 Å². The smallest absolute Gasteiger partial charge is 0.387 e. The van der Waals surface area contributed by atoms with Gasteiger partial charge in [-0.15, -0.1) is 13.2 Å². The van der Waals surface area contributed by atoms with Crippen molar-refractivity contribution in [3.05, 3.63) is 23.1 Å². The van der Waals surface area contributed by atoms with Crippen molar-refractivity contribution >= 4 is 0 Å². The fraction of sp³-hybridized carbons (Fsp3) is 0.375. The SMILES string of the molecule is Fc1cc(C(F)F)c(OC(F)(F)F)nc1C(F)(F)F. The van der Waals surface area contributed by atoms with Gasteiger partial charge in [0.2, 0.25) is 5.88 Å². The molecule has 0 spiro atoms. The highest BCUT2D eigenvalue weighted by molar-refractivity contribution is 5.31. The maximum atomic E-state index is 12.9. The molecule has 0 amide bonds. The fourth-order valence-corrected chi connectivity index (χ4v) is 1.03. The maximum Gasteiger partial charge on any atom is 0.574 e. The molecule has 0 fully saturated rings. The van der Waals surface area contributed by atoms with E-state index in [2.05, 4.69) is 9.72 Å². The van der Waals surface area contributed by atoms with Gasteiger partial charge in [0, 0.05) is 0 Å². The summed E-state index contributed by atoms with van der Waals surface area (Å²) in [5.74, 6) is -4.27. The van der Waals surface area contributed by atoms with Crippen LogP contribution in [0.4, 0.5) is 39.5 Å². The molecule has 0 unspecified atom stereocenters. The van der Waals surface area contributed by atoms with Crippen LogP contribution in [0, 0.1) is 5.82 Å². The van der Waals surface area contributed by atoms with Gasteiger partial charge in [0.15, 0.2) is 11.5 Å². The molecule has 0 aliphatic heterocycles. The number of aromatic nitrogens is 1. The van der Waals surface area contributed by atoms with E-state index in [-0.39, 0.29) is 0 Å². The predicted molar refractivity (Wildman–Crippen MR) is 40.8 cm³/mol. The predicted octanol–water partition coefficient (Wildman–Crippen LogP) is 4.08. The Kier molecular flexibility index (Phi) is 3.87. The minimum atomic E-state index is -5.54. The number of alkyl halides is 8. The number of halogens is 9. The summed E-state index contributed by atoms with van der Waals surface area (Å²) in [7, 11) is 0. The van der Waals surface area contributed by atoms with E-state index in [0.717, 1.165) is 0 Å². The first-order valence-corrected chi connectivity index (χ1v) is 4.23. The summed E-state index contributed by atoms with van der Waals surface area (Å²) in [5, 5.41) is 0. The van der Waals surface area contributed by atoms with E-state index in [4.69, 9.17) is 0 Å². The highest BCUT2D eigenvalue weighted by Gasteiger charge is 2.40. The Morgan fingerprint density at radius 2 is 1.58 bits per heavy atom. The van der Waals surface area contributed by atoms with Crippen molar-refractivity contribution in [3.8, 4) is 5.88 Å². The van der Waals surface area contributed by atoms with E-state index in [1.54, 1.807) is 0 Å². The van der Waals surface area contributed by atoms with Gasteiger partial charge in [-0.3, -0.25) is 0 Å². The monoisotopic (exact) mass is 299 g/mol. The molecule has 0 N–H and O–H groups in total. The van der Waals surface area contributed by atoms with Gasteiger partial charge in [0.05, 0.1) is 5.56 Å². The summed E-state index contributed by atoms with van der Waals surface area (Å²) in [6.45, 7) is 0. The molecule has 0 saturated carbocycles. The Balaban J connectivity index is 3.40. The summed E-state index contributed by atoms with van der Waals surface area (Å²) in [4.78, 5) is 2.13. The molecule has 108 valence electrons. The van der Waals surface area contributed by atoms with Crippen LogP contribution in [-0.4, -0.2) is 11.3 Å².